The summed E-state index contributed by atoms with van der Waals surface area (Å²) in [7, 11) is 0. The predicted molar refractivity (Wildman–Crippen MR) is 104 cm³/mol. The summed E-state index contributed by atoms with van der Waals surface area (Å²) in [6.07, 6.45) is 5.76. The second-order valence-electron chi connectivity index (χ2n) is 6.89. The fraction of sp³-hybridized carbons (Fsp3) is 0.611. The predicted octanol–water partition coefficient (Wildman–Crippen LogP) is 3.27. The van der Waals surface area contributed by atoms with Crippen molar-refractivity contribution in [2.75, 3.05) is 18.0 Å². The van der Waals surface area contributed by atoms with Crippen molar-refractivity contribution >= 4 is 36.4 Å². The van der Waals surface area contributed by atoms with Crippen LogP contribution in [0.3, 0.4) is 0 Å². The van der Waals surface area contributed by atoms with E-state index in [-0.39, 0.29) is 48.6 Å². The van der Waals surface area contributed by atoms with Gasteiger partial charge in [0.05, 0.1) is 0 Å². The lowest BCUT2D eigenvalue weighted by molar-refractivity contribution is -0.122. The summed E-state index contributed by atoms with van der Waals surface area (Å²) < 4.78 is 13.4. The Morgan fingerprint density at radius 3 is 2.72 bits per heavy atom. The van der Waals surface area contributed by atoms with Gasteiger partial charge >= 0.3 is 0 Å². The minimum Gasteiger partial charge on any atom is -0.369 e. The van der Waals surface area contributed by atoms with Crippen molar-refractivity contribution in [2.24, 2.45) is 11.7 Å². The minimum atomic E-state index is -0.219. The van der Waals surface area contributed by atoms with Crippen molar-refractivity contribution in [3.63, 3.8) is 0 Å². The molecule has 7 heteroatoms. The van der Waals surface area contributed by atoms with Gasteiger partial charge in [0.2, 0.25) is 5.91 Å². The summed E-state index contributed by atoms with van der Waals surface area (Å²) in [6.45, 7) is 1.65. The van der Waals surface area contributed by atoms with E-state index >= 15 is 0 Å². The number of rotatable bonds is 4. The molecule has 1 heterocycles. The maximum atomic E-state index is 13.4. The van der Waals surface area contributed by atoms with Gasteiger partial charge in [-0.05, 0) is 49.8 Å². The molecule has 0 spiro atoms. The molecule has 1 aromatic carbocycles. The summed E-state index contributed by atoms with van der Waals surface area (Å²) in [5, 5.41) is 3.15. The van der Waals surface area contributed by atoms with E-state index in [0.717, 1.165) is 50.9 Å². The smallest absolute Gasteiger partial charge is 0.220 e. The molecule has 1 aliphatic heterocycles. The van der Waals surface area contributed by atoms with E-state index in [0.29, 0.717) is 12.3 Å². The van der Waals surface area contributed by atoms with Gasteiger partial charge in [0, 0.05) is 37.3 Å². The highest BCUT2D eigenvalue weighted by Crippen LogP contribution is 2.27. The van der Waals surface area contributed by atoms with E-state index in [1.165, 1.54) is 6.07 Å². The number of benzene rings is 1. The highest BCUT2D eigenvalue weighted by atomic mass is 35.5. The maximum Gasteiger partial charge on any atom is 0.220 e. The fourth-order valence-electron chi connectivity index (χ4n) is 3.85. The number of carbonyl (C=O) groups excluding carboxylic acids is 1. The van der Waals surface area contributed by atoms with Gasteiger partial charge in [-0.1, -0.05) is 12.5 Å². The van der Waals surface area contributed by atoms with Crippen LogP contribution in [0.1, 0.15) is 38.5 Å². The Hall–Kier alpha value is -1.04. The molecule has 3 rings (SSSR count). The Labute approximate surface area is 161 Å². The van der Waals surface area contributed by atoms with Crippen LogP contribution in [0.4, 0.5) is 10.1 Å². The molecular formula is C18H28Cl2FN3O. The summed E-state index contributed by atoms with van der Waals surface area (Å²) in [4.78, 5) is 14.4. The SMILES string of the molecule is Cl.Cl.N[C@@H]1CCC[C@H]1CC(=O)NC1CCCN(c2cccc(F)c2)C1. The second kappa shape index (κ2) is 10.2. The Morgan fingerprint density at radius 2 is 2.04 bits per heavy atom. The zero-order chi connectivity index (χ0) is 16.2. The molecule has 2 aliphatic rings. The molecule has 2 fully saturated rings. The zero-order valence-electron chi connectivity index (χ0n) is 14.3. The third-order valence-electron chi connectivity index (χ3n) is 5.13. The first-order valence-corrected chi connectivity index (χ1v) is 8.67. The van der Waals surface area contributed by atoms with E-state index in [2.05, 4.69) is 10.2 Å². The summed E-state index contributed by atoms with van der Waals surface area (Å²) in [6, 6.07) is 6.98. The molecular weight excluding hydrogens is 364 g/mol. The number of nitrogens with one attached hydrogen (secondary N) is 1. The molecule has 3 atom stereocenters. The van der Waals surface area contributed by atoms with E-state index in [9.17, 15) is 9.18 Å². The number of anilines is 1. The van der Waals surface area contributed by atoms with Gasteiger partial charge in [0.1, 0.15) is 5.82 Å². The van der Waals surface area contributed by atoms with Crippen LogP contribution in [0.15, 0.2) is 24.3 Å². The van der Waals surface area contributed by atoms with Crippen LogP contribution >= 0.6 is 24.8 Å². The van der Waals surface area contributed by atoms with Crippen molar-refractivity contribution < 1.29 is 9.18 Å². The number of hydrogen-bond acceptors (Lipinski definition) is 3. The lowest BCUT2D eigenvalue weighted by Crippen LogP contribution is -2.48. The normalized spacial score (nSPS) is 25.7. The molecule has 0 aromatic heterocycles. The van der Waals surface area contributed by atoms with Gasteiger partial charge in [0.25, 0.3) is 0 Å². The molecule has 0 radical (unpaired) electrons. The molecule has 0 bridgehead atoms. The van der Waals surface area contributed by atoms with Gasteiger partial charge in [-0.2, -0.15) is 0 Å². The number of amides is 1. The zero-order valence-corrected chi connectivity index (χ0v) is 16.0. The van der Waals surface area contributed by atoms with Crippen LogP contribution < -0.4 is 16.0 Å². The van der Waals surface area contributed by atoms with Crippen LogP contribution in [0.25, 0.3) is 0 Å². The number of carbonyl (C=O) groups is 1. The third kappa shape index (κ3) is 6.01. The lowest BCUT2D eigenvalue weighted by Gasteiger charge is -2.35. The molecule has 4 nitrogen and oxygen atoms in total. The Bertz CT molecular complexity index is 561. The number of nitrogens with two attached hydrogens (primary N) is 1. The first-order valence-electron chi connectivity index (χ1n) is 8.67. The number of nitrogens with zero attached hydrogens (tertiary/aromatic N) is 1. The molecule has 1 aliphatic carbocycles. The van der Waals surface area contributed by atoms with Crippen molar-refractivity contribution in [2.45, 2.75) is 50.6 Å². The molecule has 1 unspecified atom stereocenters. The maximum absolute atomic E-state index is 13.4. The van der Waals surface area contributed by atoms with Crippen LogP contribution in [0, 0.1) is 11.7 Å². The van der Waals surface area contributed by atoms with Crippen molar-refractivity contribution in [1.82, 2.24) is 5.32 Å². The van der Waals surface area contributed by atoms with E-state index in [1.807, 2.05) is 6.07 Å². The van der Waals surface area contributed by atoms with Gasteiger partial charge in [0.15, 0.2) is 0 Å². The average molecular weight is 392 g/mol. The topological polar surface area (TPSA) is 58.4 Å². The largest absolute Gasteiger partial charge is 0.369 e. The lowest BCUT2D eigenvalue weighted by atomic mass is 9.99. The Morgan fingerprint density at radius 1 is 1.24 bits per heavy atom. The monoisotopic (exact) mass is 391 g/mol. The fourth-order valence-corrected chi connectivity index (χ4v) is 3.85. The van der Waals surface area contributed by atoms with Gasteiger partial charge in [-0.3, -0.25) is 4.79 Å². The van der Waals surface area contributed by atoms with E-state index < -0.39 is 0 Å². The number of hydrogen-bond donors (Lipinski definition) is 2. The number of piperidine rings is 1. The second-order valence-corrected chi connectivity index (χ2v) is 6.89. The summed E-state index contributed by atoms with van der Waals surface area (Å²) in [5.41, 5.74) is 6.94. The number of halogens is 3. The highest BCUT2D eigenvalue weighted by Gasteiger charge is 2.28. The Kier molecular flexibility index (Phi) is 8.97. The van der Waals surface area contributed by atoms with E-state index in [1.54, 1.807) is 12.1 Å². The van der Waals surface area contributed by atoms with E-state index in [4.69, 9.17) is 5.73 Å². The first-order chi connectivity index (χ1) is 11.1. The van der Waals surface area contributed by atoms with Crippen molar-refractivity contribution in [3.8, 4) is 0 Å². The Balaban J connectivity index is 0.00000156. The summed E-state index contributed by atoms with van der Waals surface area (Å²) >= 11 is 0. The minimum absolute atomic E-state index is 0. The average Bonchev–Trinajstić information content (AvgIpc) is 2.92. The van der Waals surface area contributed by atoms with Gasteiger partial charge in [-0.25, -0.2) is 4.39 Å². The quantitative estimate of drug-likeness (QED) is 0.827. The summed E-state index contributed by atoms with van der Waals surface area (Å²) in [5.74, 6) is 0.222. The van der Waals surface area contributed by atoms with Crippen molar-refractivity contribution in [3.05, 3.63) is 30.1 Å². The van der Waals surface area contributed by atoms with Crippen LogP contribution in [-0.4, -0.2) is 31.1 Å². The van der Waals surface area contributed by atoms with Gasteiger partial charge in [-0.15, -0.1) is 24.8 Å². The van der Waals surface area contributed by atoms with Crippen LogP contribution in [0.5, 0.6) is 0 Å². The molecule has 1 saturated heterocycles. The highest BCUT2D eigenvalue weighted by molar-refractivity contribution is 5.85. The van der Waals surface area contributed by atoms with Crippen LogP contribution in [-0.2, 0) is 4.79 Å². The molecule has 1 aromatic rings. The molecule has 25 heavy (non-hydrogen) atoms. The third-order valence-corrected chi connectivity index (χ3v) is 5.13. The molecule has 142 valence electrons. The standard InChI is InChI=1S/C18H26FN3O.2ClH/c19-14-5-2-7-16(11-14)22-9-3-6-15(12-22)21-18(23)10-13-4-1-8-17(13)20;;/h2,5,7,11,13,15,17H,1,3-4,6,8-10,12,20H2,(H,21,23);2*1H/t13-,15?,17+;;/m0../s1. The van der Waals surface area contributed by atoms with Crippen LogP contribution in [0.2, 0.25) is 0 Å². The molecule has 1 amide bonds. The molecule has 3 N–H and O–H groups in total. The van der Waals surface area contributed by atoms with Gasteiger partial charge < -0.3 is 16.0 Å². The molecule has 1 saturated carbocycles. The van der Waals surface area contributed by atoms with Crippen molar-refractivity contribution in [1.29, 1.82) is 0 Å². The first kappa shape index (κ1) is 22.0.